The van der Waals surface area contributed by atoms with Crippen LogP contribution in [0.3, 0.4) is 0 Å². The van der Waals surface area contributed by atoms with Crippen LogP contribution in [0.2, 0.25) is 0 Å². The number of ether oxygens (including phenoxy) is 1. The van der Waals surface area contributed by atoms with Gasteiger partial charge in [-0.1, -0.05) is 12.1 Å². The van der Waals surface area contributed by atoms with Gasteiger partial charge in [0.25, 0.3) is 0 Å². The molecule has 0 atom stereocenters. The predicted octanol–water partition coefficient (Wildman–Crippen LogP) is 3.50. The number of hydrogen-bond acceptors (Lipinski definition) is 4. The van der Waals surface area contributed by atoms with Gasteiger partial charge in [0, 0.05) is 19.7 Å². The zero-order valence-electron chi connectivity index (χ0n) is 14.6. The molecule has 2 aliphatic rings. The summed E-state index contributed by atoms with van der Waals surface area (Å²) in [5, 5.41) is 9.83. The molecule has 1 aliphatic carbocycles. The number of fused-ring (bicyclic) bond motifs is 4. The lowest BCUT2D eigenvalue weighted by Gasteiger charge is -2.27. The number of nitriles is 1. The van der Waals surface area contributed by atoms with E-state index in [2.05, 4.69) is 21.4 Å². The Balaban J connectivity index is 0.00000168. The lowest BCUT2D eigenvalue weighted by molar-refractivity contribution is 0.152. The van der Waals surface area contributed by atoms with Gasteiger partial charge in [-0.15, -0.1) is 12.4 Å². The summed E-state index contributed by atoms with van der Waals surface area (Å²) in [6.07, 6.45) is 4.17. The summed E-state index contributed by atoms with van der Waals surface area (Å²) in [6.45, 7) is 3.45. The minimum absolute atomic E-state index is 0. The molecular weight excluding hydrogens is 348 g/mol. The number of benzene rings is 1. The molecule has 0 radical (unpaired) electrons. The highest BCUT2D eigenvalue weighted by molar-refractivity contribution is 5.86. The second kappa shape index (κ2) is 6.79. The number of hydrogen-bond donors (Lipinski definition) is 0. The second-order valence-electron chi connectivity index (χ2n) is 6.83. The molecular formula is C20H21ClN4O. The van der Waals surface area contributed by atoms with Crippen LogP contribution >= 0.6 is 12.4 Å². The highest BCUT2D eigenvalue weighted by Gasteiger charge is 2.28. The van der Waals surface area contributed by atoms with Crippen LogP contribution in [0.4, 0.5) is 5.82 Å². The summed E-state index contributed by atoms with van der Waals surface area (Å²) in [5.74, 6) is 1.24. The molecule has 0 unspecified atom stereocenters. The topological polar surface area (TPSA) is 53.6 Å². The Kier molecular flexibility index (Phi) is 4.47. The van der Waals surface area contributed by atoms with Crippen LogP contribution in [0.15, 0.2) is 24.3 Å². The van der Waals surface area contributed by atoms with Gasteiger partial charge >= 0.3 is 0 Å². The van der Waals surface area contributed by atoms with Crippen molar-refractivity contribution in [2.24, 2.45) is 0 Å². The van der Waals surface area contributed by atoms with Crippen molar-refractivity contribution in [3.63, 3.8) is 0 Å². The average Bonchev–Trinajstić information content (AvgIpc) is 3.16. The van der Waals surface area contributed by atoms with Crippen molar-refractivity contribution >= 4 is 34.9 Å². The van der Waals surface area contributed by atoms with Crippen molar-refractivity contribution < 1.29 is 4.74 Å². The maximum absolute atomic E-state index is 9.83. The van der Waals surface area contributed by atoms with Gasteiger partial charge in [0.05, 0.1) is 23.2 Å². The van der Waals surface area contributed by atoms with Gasteiger partial charge in [0.15, 0.2) is 5.65 Å². The Morgan fingerprint density at radius 3 is 2.77 bits per heavy atom. The fraction of sp³-hybridized carbons (Fsp3) is 0.400. The molecule has 26 heavy (non-hydrogen) atoms. The summed E-state index contributed by atoms with van der Waals surface area (Å²) in [4.78, 5) is 7.27. The van der Waals surface area contributed by atoms with Gasteiger partial charge < -0.3 is 9.64 Å². The van der Waals surface area contributed by atoms with E-state index in [9.17, 15) is 5.26 Å². The first-order valence-electron chi connectivity index (χ1n) is 9.06. The normalized spacial score (nSPS) is 17.0. The Labute approximate surface area is 158 Å². The SMILES string of the molecule is Cl.N#Cc1c2c(c(N3CCCOCC3)n3c1nc1ccccc13)CCC2. The molecule has 0 amide bonds. The molecule has 6 heteroatoms. The first kappa shape index (κ1) is 17.1. The Hall–Kier alpha value is -2.29. The van der Waals surface area contributed by atoms with Crippen molar-refractivity contribution in [3.8, 4) is 6.07 Å². The zero-order chi connectivity index (χ0) is 16.8. The fourth-order valence-electron chi connectivity index (χ4n) is 4.35. The summed E-state index contributed by atoms with van der Waals surface area (Å²) >= 11 is 0. The molecule has 1 aliphatic heterocycles. The minimum Gasteiger partial charge on any atom is -0.380 e. The van der Waals surface area contributed by atoms with Crippen LogP contribution in [0.25, 0.3) is 16.7 Å². The fourth-order valence-corrected chi connectivity index (χ4v) is 4.35. The maximum Gasteiger partial charge on any atom is 0.157 e. The van der Waals surface area contributed by atoms with E-state index in [4.69, 9.17) is 9.72 Å². The molecule has 1 fully saturated rings. The van der Waals surface area contributed by atoms with Gasteiger partial charge in [-0.05, 0) is 48.9 Å². The maximum atomic E-state index is 9.83. The van der Waals surface area contributed by atoms with E-state index in [0.29, 0.717) is 0 Å². The number of anilines is 1. The van der Waals surface area contributed by atoms with Crippen molar-refractivity contribution in [1.82, 2.24) is 9.38 Å². The molecule has 1 aromatic carbocycles. The third-order valence-corrected chi connectivity index (χ3v) is 5.42. The third kappa shape index (κ3) is 2.45. The van der Waals surface area contributed by atoms with Gasteiger partial charge in [-0.3, -0.25) is 4.40 Å². The van der Waals surface area contributed by atoms with Crippen LogP contribution in [-0.4, -0.2) is 35.7 Å². The van der Waals surface area contributed by atoms with Crippen molar-refractivity contribution in [3.05, 3.63) is 41.0 Å². The molecule has 0 bridgehead atoms. The molecule has 3 aromatic rings. The predicted molar refractivity (Wildman–Crippen MR) is 104 cm³/mol. The average molecular weight is 369 g/mol. The number of aromatic nitrogens is 2. The van der Waals surface area contributed by atoms with E-state index in [1.165, 1.54) is 16.9 Å². The third-order valence-electron chi connectivity index (χ3n) is 5.42. The van der Waals surface area contributed by atoms with E-state index in [0.717, 1.165) is 74.2 Å². The van der Waals surface area contributed by atoms with Gasteiger partial charge in [0.2, 0.25) is 0 Å². The van der Waals surface area contributed by atoms with Crippen molar-refractivity contribution in [2.75, 3.05) is 31.2 Å². The molecule has 0 saturated carbocycles. The first-order valence-corrected chi connectivity index (χ1v) is 9.06. The van der Waals surface area contributed by atoms with Crippen molar-refractivity contribution in [1.29, 1.82) is 5.26 Å². The number of para-hydroxylation sites is 2. The van der Waals surface area contributed by atoms with Crippen LogP contribution < -0.4 is 4.90 Å². The molecule has 2 aromatic heterocycles. The molecule has 5 nitrogen and oxygen atoms in total. The highest BCUT2D eigenvalue weighted by Crippen LogP contribution is 2.38. The second-order valence-corrected chi connectivity index (χ2v) is 6.83. The Bertz CT molecular complexity index is 1010. The van der Waals surface area contributed by atoms with E-state index in [1.807, 2.05) is 18.2 Å². The van der Waals surface area contributed by atoms with Crippen LogP contribution in [-0.2, 0) is 17.6 Å². The summed E-state index contributed by atoms with van der Waals surface area (Å²) in [7, 11) is 0. The Morgan fingerprint density at radius 2 is 1.88 bits per heavy atom. The molecule has 1 saturated heterocycles. The standard InChI is InChI=1S/C20H20N4O.ClH/c21-13-16-14-5-3-6-15(14)20(23-9-4-11-25-12-10-23)24-18-8-2-1-7-17(18)22-19(16)24;/h1-2,7-8H,3-6,9-12H2;1H. The first-order chi connectivity index (χ1) is 12.4. The number of nitrogens with zero attached hydrogens (tertiary/aromatic N) is 4. The van der Waals surface area contributed by atoms with Crippen LogP contribution in [0, 0.1) is 11.3 Å². The lowest BCUT2D eigenvalue weighted by atomic mass is 10.1. The summed E-state index contributed by atoms with van der Waals surface area (Å²) in [6, 6.07) is 10.6. The van der Waals surface area contributed by atoms with Gasteiger partial charge in [-0.25, -0.2) is 4.98 Å². The monoisotopic (exact) mass is 368 g/mol. The summed E-state index contributed by atoms with van der Waals surface area (Å²) in [5.41, 5.74) is 6.17. The zero-order valence-corrected chi connectivity index (χ0v) is 15.4. The molecule has 134 valence electrons. The largest absolute Gasteiger partial charge is 0.380 e. The molecule has 0 spiro atoms. The number of rotatable bonds is 1. The molecule has 5 rings (SSSR count). The molecule has 3 heterocycles. The Morgan fingerprint density at radius 1 is 1.04 bits per heavy atom. The smallest absolute Gasteiger partial charge is 0.157 e. The van der Waals surface area contributed by atoms with Crippen LogP contribution in [0.5, 0.6) is 0 Å². The van der Waals surface area contributed by atoms with E-state index in [1.54, 1.807) is 0 Å². The van der Waals surface area contributed by atoms with E-state index in [-0.39, 0.29) is 12.4 Å². The lowest BCUT2D eigenvalue weighted by Crippen LogP contribution is -2.29. The van der Waals surface area contributed by atoms with E-state index >= 15 is 0 Å². The van der Waals surface area contributed by atoms with Crippen molar-refractivity contribution in [2.45, 2.75) is 25.7 Å². The van der Waals surface area contributed by atoms with Crippen LogP contribution in [0.1, 0.15) is 29.5 Å². The highest BCUT2D eigenvalue weighted by atomic mass is 35.5. The number of halogens is 1. The van der Waals surface area contributed by atoms with Gasteiger partial charge in [-0.2, -0.15) is 5.26 Å². The molecule has 0 N–H and O–H groups in total. The van der Waals surface area contributed by atoms with E-state index < -0.39 is 0 Å². The number of pyridine rings is 1. The number of imidazole rings is 1. The minimum atomic E-state index is 0. The quantitative estimate of drug-likeness (QED) is 0.659. The summed E-state index contributed by atoms with van der Waals surface area (Å²) < 4.78 is 7.90. The van der Waals surface area contributed by atoms with Gasteiger partial charge in [0.1, 0.15) is 11.9 Å².